The molecular formula is C26H30ClN5O4S. The van der Waals surface area contributed by atoms with Crippen LogP contribution in [0.5, 0.6) is 5.75 Å². The number of carboxylic acid groups (broad SMARTS) is 1. The maximum Gasteiger partial charge on any atom is 0.326 e. The summed E-state index contributed by atoms with van der Waals surface area (Å²) in [5.41, 5.74) is 8.90. The van der Waals surface area contributed by atoms with Crippen LogP contribution in [0, 0.1) is 5.92 Å². The number of likely N-dealkylation sites (tertiary alicyclic amines) is 1. The molecule has 6 rings (SSSR count). The normalized spacial score (nSPS) is 19.8. The molecular weight excluding hydrogens is 514 g/mol. The van der Waals surface area contributed by atoms with Gasteiger partial charge in [-0.1, -0.05) is 0 Å². The second kappa shape index (κ2) is 9.66. The number of aromatic nitrogens is 3. The van der Waals surface area contributed by atoms with Crippen molar-refractivity contribution in [3.05, 3.63) is 35.2 Å². The number of rotatable bonds is 6. The van der Waals surface area contributed by atoms with Crippen LogP contribution in [0.2, 0.25) is 0 Å². The molecule has 1 amide bonds. The van der Waals surface area contributed by atoms with Gasteiger partial charge in [-0.3, -0.25) is 4.79 Å². The molecule has 2 aliphatic rings. The molecule has 4 heterocycles. The summed E-state index contributed by atoms with van der Waals surface area (Å²) in [5.74, 6) is 0.642. The van der Waals surface area contributed by atoms with Gasteiger partial charge in [0.1, 0.15) is 22.1 Å². The molecule has 9 nitrogen and oxygen atoms in total. The fraction of sp³-hybridized carbons (Fsp3) is 0.423. The van der Waals surface area contributed by atoms with Gasteiger partial charge in [0.05, 0.1) is 18.3 Å². The molecule has 1 aliphatic carbocycles. The van der Waals surface area contributed by atoms with Crippen LogP contribution in [0.4, 0.5) is 0 Å². The quantitative estimate of drug-likeness (QED) is 0.378. The number of imidazole rings is 1. The van der Waals surface area contributed by atoms with E-state index in [1.54, 1.807) is 30.6 Å². The van der Waals surface area contributed by atoms with Crippen molar-refractivity contribution in [1.29, 1.82) is 0 Å². The van der Waals surface area contributed by atoms with Gasteiger partial charge < -0.3 is 29.6 Å². The Morgan fingerprint density at radius 2 is 2.00 bits per heavy atom. The van der Waals surface area contributed by atoms with Crippen LogP contribution in [0.15, 0.2) is 29.6 Å². The number of thiophene rings is 1. The van der Waals surface area contributed by atoms with Crippen molar-refractivity contribution in [2.75, 3.05) is 13.7 Å². The van der Waals surface area contributed by atoms with Gasteiger partial charge in [-0.05, 0) is 61.2 Å². The molecule has 3 aromatic heterocycles. The van der Waals surface area contributed by atoms with E-state index in [0.29, 0.717) is 35.6 Å². The number of fused-ring (bicyclic) bond motifs is 2. The summed E-state index contributed by atoms with van der Waals surface area (Å²) >= 11 is 1.74. The minimum atomic E-state index is -1.01. The van der Waals surface area contributed by atoms with E-state index >= 15 is 0 Å². The Balaban J connectivity index is 0.00000280. The van der Waals surface area contributed by atoms with Gasteiger partial charge in [0.15, 0.2) is 5.82 Å². The Hall–Kier alpha value is -3.08. The van der Waals surface area contributed by atoms with Gasteiger partial charge in [-0.25, -0.2) is 9.78 Å². The van der Waals surface area contributed by atoms with Gasteiger partial charge in [0, 0.05) is 37.1 Å². The van der Waals surface area contributed by atoms with Gasteiger partial charge in [-0.15, -0.1) is 23.7 Å². The number of aliphatic carboxylic acids is 1. The van der Waals surface area contributed by atoms with Crippen LogP contribution < -0.4 is 10.5 Å². The largest absolute Gasteiger partial charge is 0.494 e. The van der Waals surface area contributed by atoms with Gasteiger partial charge in [-0.2, -0.15) is 0 Å². The molecule has 37 heavy (non-hydrogen) atoms. The first-order valence-electron chi connectivity index (χ1n) is 12.3. The summed E-state index contributed by atoms with van der Waals surface area (Å²) in [6.45, 7) is 1.17. The molecule has 2 atom stereocenters. The minimum Gasteiger partial charge on any atom is -0.494 e. The van der Waals surface area contributed by atoms with E-state index in [0.717, 1.165) is 23.6 Å². The molecule has 3 N–H and O–H groups in total. The second-order valence-electron chi connectivity index (χ2n) is 9.95. The number of methoxy groups -OCH3 is 1. The van der Waals surface area contributed by atoms with E-state index in [1.807, 2.05) is 11.6 Å². The summed E-state index contributed by atoms with van der Waals surface area (Å²) < 4.78 is 10.1. The van der Waals surface area contributed by atoms with Crippen LogP contribution in [0.1, 0.15) is 36.0 Å². The third kappa shape index (κ3) is 4.36. The van der Waals surface area contributed by atoms with Crippen LogP contribution in [-0.4, -0.2) is 61.7 Å². The number of nitrogens with two attached hydrogens (primary N) is 1. The lowest BCUT2D eigenvalue weighted by Gasteiger charge is -2.36. The first kappa shape index (κ1) is 25.6. The van der Waals surface area contributed by atoms with Crippen molar-refractivity contribution in [2.24, 2.45) is 18.7 Å². The number of carbonyl (C=O) groups is 2. The van der Waals surface area contributed by atoms with Crippen molar-refractivity contribution in [1.82, 2.24) is 19.0 Å². The Morgan fingerprint density at radius 3 is 2.70 bits per heavy atom. The lowest BCUT2D eigenvalue weighted by Crippen LogP contribution is -2.54. The van der Waals surface area contributed by atoms with Gasteiger partial charge >= 0.3 is 5.97 Å². The fourth-order valence-electron chi connectivity index (χ4n) is 5.36. The number of hydrogen-bond donors (Lipinski definition) is 2. The Bertz CT molecular complexity index is 1500. The summed E-state index contributed by atoms with van der Waals surface area (Å²) in [6, 6.07) is 6.59. The standard InChI is InChI=1S/C26H29N5O4S.ClH/c1-29-22-18(28-23(29)20-10-15-7-8-36-25(15)31(20)12-14-3-4-14)9-16(11-21(22)35-2)24(32)30-13-17(27)5-6-19(30)26(33)34;/h7-11,14,17,19H,3-6,12-13,27H2,1-2H3,(H,33,34);1H/t17?,19-;/m1./s1. The highest BCUT2D eigenvalue weighted by molar-refractivity contribution is 7.16. The highest BCUT2D eigenvalue weighted by atomic mass is 35.5. The molecule has 1 saturated heterocycles. The number of aryl methyl sites for hydroxylation is 1. The summed E-state index contributed by atoms with van der Waals surface area (Å²) in [7, 11) is 3.53. The number of hydrogen-bond acceptors (Lipinski definition) is 6. The van der Waals surface area contributed by atoms with E-state index in [-0.39, 0.29) is 30.9 Å². The predicted molar refractivity (Wildman–Crippen MR) is 146 cm³/mol. The monoisotopic (exact) mass is 543 g/mol. The van der Waals surface area contributed by atoms with E-state index in [2.05, 4.69) is 22.1 Å². The zero-order valence-corrected chi connectivity index (χ0v) is 22.3. The maximum absolute atomic E-state index is 13.5. The number of carboxylic acids is 1. The lowest BCUT2D eigenvalue weighted by atomic mass is 9.97. The highest BCUT2D eigenvalue weighted by Crippen LogP contribution is 2.39. The van der Waals surface area contributed by atoms with Crippen molar-refractivity contribution in [3.63, 3.8) is 0 Å². The molecule has 196 valence electrons. The molecule has 1 saturated carbocycles. The third-order valence-corrected chi connectivity index (χ3v) is 8.39. The van der Waals surface area contributed by atoms with E-state index in [9.17, 15) is 14.7 Å². The lowest BCUT2D eigenvalue weighted by molar-refractivity contribution is -0.143. The predicted octanol–water partition coefficient (Wildman–Crippen LogP) is 4.11. The Labute approximate surface area is 224 Å². The topological polar surface area (TPSA) is 116 Å². The summed E-state index contributed by atoms with van der Waals surface area (Å²) in [5, 5.41) is 13.0. The molecule has 0 bridgehead atoms. The molecule has 0 radical (unpaired) electrons. The van der Waals surface area contributed by atoms with Crippen molar-refractivity contribution in [2.45, 2.75) is 44.3 Å². The van der Waals surface area contributed by atoms with E-state index in [1.165, 1.54) is 28.0 Å². The minimum absolute atomic E-state index is 0. The number of ether oxygens (including phenoxy) is 1. The highest BCUT2D eigenvalue weighted by Gasteiger charge is 2.36. The zero-order chi connectivity index (χ0) is 25.1. The van der Waals surface area contributed by atoms with Gasteiger partial charge in [0.25, 0.3) is 5.91 Å². The Kier molecular flexibility index (Phi) is 6.68. The molecule has 0 spiro atoms. The van der Waals surface area contributed by atoms with Crippen molar-refractivity contribution in [3.8, 4) is 17.3 Å². The van der Waals surface area contributed by atoms with Gasteiger partial charge in [0.2, 0.25) is 0 Å². The van der Waals surface area contributed by atoms with Crippen LogP contribution in [0.25, 0.3) is 32.8 Å². The molecule has 11 heteroatoms. The average molecular weight is 544 g/mol. The van der Waals surface area contributed by atoms with Crippen LogP contribution in [0.3, 0.4) is 0 Å². The first-order valence-corrected chi connectivity index (χ1v) is 13.1. The number of halogens is 1. The molecule has 2 fully saturated rings. The molecule has 1 unspecified atom stereocenters. The van der Waals surface area contributed by atoms with E-state index < -0.39 is 12.0 Å². The number of carbonyl (C=O) groups excluding carboxylic acids is 1. The maximum atomic E-state index is 13.5. The number of benzene rings is 1. The number of nitrogens with zero attached hydrogens (tertiary/aromatic N) is 4. The molecule has 1 aromatic carbocycles. The van der Waals surface area contributed by atoms with Crippen LogP contribution >= 0.6 is 23.7 Å². The summed E-state index contributed by atoms with van der Waals surface area (Å²) in [4.78, 5) is 32.9. The molecule has 1 aliphatic heterocycles. The zero-order valence-electron chi connectivity index (χ0n) is 20.7. The van der Waals surface area contributed by atoms with E-state index in [4.69, 9.17) is 15.5 Å². The average Bonchev–Trinajstić information content (AvgIpc) is 3.31. The number of piperidine rings is 1. The van der Waals surface area contributed by atoms with Crippen molar-refractivity contribution < 1.29 is 19.4 Å². The Morgan fingerprint density at radius 1 is 1.22 bits per heavy atom. The fourth-order valence-corrected chi connectivity index (χ4v) is 6.27. The smallest absolute Gasteiger partial charge is 0.326 e. The third-order valence-electron chi connectivity index (χ3n) is 7.43. The first-order chi connectivity index (χ1) is 17.4. The SMILES string of the molecule is COc1cc(C(=O)N2CC(N)CC[C@@H]2C(=O)O)cc2nc(-c3cc4ccsc4n3CC3CC3)n(C)c12.Cl. The van der Waals surface area contributed by atoms with Crippen molar-refractivity contribution >= 4 is 56.9 Å². The summed E-state index contributed by atoms with van der Waals surface area (Å²) in [6.07, 6.45) is 3.42. The number of amides is 1. The second-order valence-corrected chi connectivity index (χ2v) is 10.8. The van der Waals surface area contributed by atoms with Crippen LogP contribution in [-0.2, 0) is 18.4 Å². The molecule has 4 aromatic rings.